The first-order valence-electron chi connectivity index (χ1n) is 7.38. The number of carbonyl (C=O) groups is 2. The van der Waals surface area contributed by atoms with Gasteiger partial charge in [-0.2, -0.15) is 0 Å². The number of nitrogens with one attached hydrogen (secondary N) is 1. The number of hydrogen-bond donors (Lipinski definition) is 1. The summed E-state index contributed by atoms with van der Waals surface area (Å²) in [5, 5.41) is 3.65. The SMILES string of the molecule is C=CCNc1cc(N2C(=O)C3=C(CCCC3)C2=O)ccc1Cl. The van der Waals surface area contributed by atoms with Gasteiger partial charge in [0.25, 0.3) is 11.8 Å². The minimum absolute atomic E-state index is 0.184. The summed E-state index contributed by atoms with van der Waals surface area (Å²) in [5.41, 5.74) is 2.61. The fraction of sp³-hybridized carbons (Fsp3) is 0.294. The van der Waals surface area contributed by atoms with Crippen molar-refractivity contribution in [3.63, 3.8) is 0 Å². The van der Waals surface area contributed by atoms with Crippen LogP contribution in [0.4, 0.5) is 11.4 Å². The van der Waals surface area contributed by atoms with Crippen molar-refractivity contribution in [2.45, 2.75) is 25.7 Å². The molecule has 1 aromatic carbocycles. The summed E-state index contributed by atoms with van der Waals surface area (Å²) >= 11 is 6.14. The molecule has 1 aliphatic carbocycles. The van der Waals surface area contributed by atoms with Gasteiger partial charge in [0.15, 0.2) is 0 Å². The fourth-order valence-corrected chi connectivity index (χ4v) is 3.13. The maximum absolute atomic E-state index is 12.5. The van der Waals surface area contributed by atoms with Crippen LogP contribution in [-0.2, 0) is 9.59 Å². The van der Waals surface area contributed by atoms with Crippen molar-refractivity contribution in [3.05, 3.63) is 47.0 Å². The first-order chi connectivity index (χ1) is 10.6. The summed E-state index contributed by atoms with van der Waals surface area (Å²) < 4.78 is 0. The topological polar surface area (TPSA) is 49.4 Å². The molecule has 1 aliphatic heterocycles. The highest BCUT2D eigenvalue weighted by atomic mass is 35.5. The maximum Gasteiger partial charge on any atom is 0.261 e. The van der Waals surface area contributed by atoms with Gasteiger partial charge < -0.3 is 5.32 Å². The zero-order chi connectivity index (χ0) is 15.7. The van der Waals surface area contributed by atoms with Gasteiger partial charge in [-0.3, -0.25) is 9.59 Å². The molecule has 5 heteroatoms. The first kappa shape index (κ1) is 14.9. The second-order valence-corrected chi connectivity index (χ2v) is 5.85. The molecule has 0 fully saturated rings. The standard InChI is InChI=1S/C17H17ClN2O2/c1-2-9-19-15-10-11(7-8-14(15)18)20-16(21)12-5-3-4-6-13(12)17(20)22/h2,7-8,10,19H,1,3-6,9H2. The van der Waals surface area contributed by atoms with Crippen LogP contribution >= 0.6 is 11.6 Å². The third kappa shape index (κ3) is 2.44. The van der Waals surface area contributed by atoms with E-state index in [1.165, 1.54) is 4.90 Å². The van der Waals surface area contributed by atoms with E-state index in [-0.39, 0.29) is 11.8 Å². The number of imide groups is 1. The number of halogens is 1. The normalized spacial score (nSPS) is 17.8. The van der Waals surface area contributed by atoms with Crippen molar-refractivity contribution in [2.75, 3.05) is 16.8 Å². The Hall–Kier alpha value is -2.07. The monoisotopic (exact) mass is 316 g/mol. The summed E-state index contributed by atoms with van der Waals surface area (Å²) in [6, 6.07) is 5.13. The number of hydrogen-bond acceptors (Lipinski definition) is 3. The van der Waals surface area contributed by atoms with Crippen LogP contribution in [0.2, 0.25) is 5.02 Å². The van der Waals surface area contributed by atoms with E-state index < -0.39 is 0 Å². The Morgan fingerprint density at radius 1 is 1.18 bits per heavy atom. The first-order valence-corrected chi connectivity index (χ1v) is 7.76. The van der Waals surface area contributed by atoms with Crippen molar-refractivity contribution in [2.24, 2.45) is 0 Å². The van der Waals surface area contributed by atoms with Crippen molar-refractivity contribution in [1.29, 1.82) is 0 Å². The quantitative estimate of drug-likeness (QED) is 0.681. The van der Waals surface area contributed by atoms with E-state index in [0.717, 1.165) is 12.8 Å². The number of rotatable bonds is 4. The Labute approximate surface area is 134 Å². The van der Waals surface area contributed by atoms with E-state index in [2.05, 4.69) is 11.9 Å². The third-order valence-electron chi connectivity index (χ3n) is 4.04. The van der Waals surface area contributed by atoms with E-state index in [0.29, 0.717) is 46.9 Å². The number of anilines is 2. The van der Waals surface area contributed by atoms with Crippen LogP contribution in [0.5, 0.6) is 0 Å². The van der Waals surface area contributed by atoms with E-state index >= 15 is 0 Å². The predicted molar refractivity (Wildman–Crippen MR) is 88.1 cm³/mol. The van der Waals surface area contributed by atoms with Gasteiger partial charge in [-0.1, -0.05) is 17.7 Å². The maximum atomic E-state index is 12.5. The van der Waals surface area contributed by atoms with Crippen LogP contribution in [0, 0.1) is 0 Å². The van der Waals surface area contributed by atoms with Gasteiger partial charge >= 0.3 is 0 Å². The molecule has 0 saturated carbocycles. The van der Waals surface area contributed by atoms with Crippen LogP contribution in [0.25, 0.3) is 0 Å². The smallest absolute Gasteiger partial charge is 0.261 e. The summed E-state index contributed by atoms with van der Waals surface area (Å²) in [4.78, 5) is 26.3. The fourth-order valence-electron chi connectivity index (χ4n) is 2.94. The second kappa shape index (κ2) is 5.97. The molecule has 4 nitrogen and oxygen atoms in total. The van der Waals surface area contributed by atoms with Crippen LogP contribution in [-0.4, -0.2) is 18.4 Å². The number of carbonyl (C=O) groups excluding carboxylic acids is 2. The van der Waals surface area contributed by atoms with Gasteiger partial charge in [0.2, 0.25) is 0 Å². The molecule has 1 aromatic rings. The van der Waals surface area contributed by atoms with Gasteiger partial charge in [-0.05, 0) is 43.9 Å². The Balaban J connectivity index is 1.93. The summed E-state index contributed by atoms with van der Waals surface area (Å²) in [6.45, 7) is 4.20. The minimum Gasteiger partial charge on any atom is -0.380 e. The molecule has 0 saturated heterocycles. The Kier molecular flexibility index (Phi) is 4.03. The molecule has 1 N–H and O–H groups in total. The van der Waals surface area contributed by atoms with Gasteiger partial charge in [0.05, 0.1) is 16.4 Å². The number of nitrogens with zero attached hydrogens (tertiary/aromatic N) is 1. The molecule has 22 heavy (non-hydrogen) atoms. The summed E-state index contributed by atoms with van der Waals surface area (Å²) in [6.07, 6.45) is 5.06. The average Bonchev–Trinajstić information content (AvgIpc) is 2.79. The van der Waals surface area contributed by atoms with Gasteiger partial charge in [0, 0.05) is 17.7 Å². The lowest BCUT2D eigenvalue weighted by Gasteiger charge is -2.17. The zero-order valence-corrected chi connectivity index (χ0v) is 12.9. The molecule has 0 atom stereocenters. The van der Waals surface area contributed by atoms with Crippen molar-refractivity contribution < 1.29 is 9.59 Å². The molecule has 0 unspecified atom stereocenters. The zero-order valence-electron chi connectivity index (χ0n) is 12.2. The average molecular weight is 317 g/mol. The van der Waals surface area contributed by atoms with Crippen LogP contribution in [0.1, 0.15) is 25.7 Å². The van der Waals surface area contributed by atoms with Crippen LogP contribution in [0.3, 0.4) is 0 Å². The Morgan fingerprint density at radius 2 is 1.82 bits per heavy atom. The number of benzene rings is 1. The molecule has 0 aromatic heterocycles. The van der Waals surface area contributed by atoms with E-state index in [1.807, 2.05) is 0 Å². The lowest BCUT2D eigenvalue weighted by molar-refractivity contribution is -0.120. The molecule has 2 aliphatic rings. The molecule has 1 heterocycles. The Morgan fingerprint density at radius 3 is 2.41 bits per heavy atom. The van der Waals surface area contributed by atoms with Crippen LogP contribution < -0.4 is 10.2 Å². The van der Waals surface area contributed by atoms with E-state index in [1.54, 1.807) is 24.3 Å². The predicted octanol–water partition coefficient (Wildman–Crippen LogP) is 3.68. The highest BCUT2D eigenvalue weighted by Crippen LogP contribution is 2.37. The molecule has 3 rings (SSSR count). The minimum atomic E-state index is -0.184. The highest BCUT2D eigenvalue weighted by Gasteiger charge is 2.39. The lowest BCUT2D eigenvalue weighted by atomic mass is 9.93. The summed E-state index contributed by atoms with van der Waals surface area (Å²) in [7, 11) is 0. The molecule has 114 valence electrons. The van der Waals surface area contributed by atoms with E-state index in [4.69, 9.17) is 11.6 Å². The van der Waals surface area contributed by atoms with E-state index in [9.17, 15) is 9.59 Å². The van der Waals surface area contributed by atoms with Crippen LogP contribution in [0.15, 0.2) is 42.0 Å². The summed E-state index contributed by atoms with van der Waals surface area (Å²) in [5.74, 6) is -0.367. The molecule has 0 radical (unpaired) electrons. The lowest BCUT2D eigenvalue weighted by Crippen LogP contribution is -2.31. The molecular formula is C17H17ClN2O2. The van der Waals surface area contributed by atoms with Gasteiger partial charge in [-0.15, -0.1) is 6.58 Å². The molecule has 0 spiro atoms. The van der Waals surface area contributed by atoms with Gasteiger partial charge in [-0.25, -0.2) is 4.90 Å². The molecule has 0 bridgehead atoms. The number of amides is 2. The van der Waals surface area contributed by atoms with Gasteiger partial charge in [0.1, 0.15) is 0 Å². The largest absolute Gasteiger partial charge is 0.380 e. The molecule has 2 amide bonds. The van der Waals surface area contributed by atoms with Crippen molar-refractivity contribution in [3.8, 4) is 0 Å². The second-order valence-electron chi connectivity index (χ2n) is 5.44. The Bertz CT molecular complexity index is 666. The highest BCUT2D eigenvalue weighted by molar-refractivity contribution is 6.35. The van der Waals surface area contributed by atoms with Crippen molar-refractivity contribution >= 4 is 34.8 Å². The molecular weight excluding hydrogens is 300 g/mol. The van der Waals surface area contributed by atoms with Crippen molar-refractivity contribution in [1.82, 2.24) is 0 Å². The third-order valence-corrected chi connectivity index (χ3v) is 4.36.